The van der Waals surface area contributed by atoms with Gasteiger partial charge >= 0.3 is 0 Å². The zero-order chi connectivity index (χ0) is 23.8. The van der Waals surface area contributed by atoms with Gasteiger partial charge in [0.2, 0.25) is 0 Å². The first-order valence-electron chi connectivity index (χ1n) is 10.8. The van der Waals surface area contributed by atoms with Crippen LogP contribution >= 0.6 is 0 Å². The molecule has 0 aliphatic heterocycles. The number of fused-ring (bicyclic) bond motifs is 2. The molecule has 0 spiro atoms. The van der Waals surface area contributed by atoms with E-state index in [4.69, 9.17) is 0 Å². The summed E-state index contributed by atoms with van der Waals surface area (Å²) in [6, 6.07) is 11.1. The maximum absolute atomic E-state index is 13.3. The lowest BCUT2D eigenvalue weighted by Crippen LogP contribution is -2.59. The van der Waals surface area contributed by atoms with Crippen molar-refractivity contribution in [1.29, 1.82) is 0 Å². The van der Waals surface area contributed by atoms with Crippen LogP contribution in [0, 0.1) is 0 Å². The van der Waals surface area contributed by atoms with Gasteiger partial charge in [0.05, 0.1) is 38.7 Å². The molecule has 8 heteroatoms. The number of quaternary nitrogens is 1. The fourth-order valence-corrected chi connectivity index (χ4v) is 4.27. The van der Waals surface area contributed by atoms with E-state index >= 15 is 0 Å². The number of aromatic nitrogens is 2. The number of carbonyl (C=O) groups is 2. The first-order chi connectivity index (χ1) is 15.6. The number of phenols is 1. The van der Waals surface area contributed by atoms with Crippen LogP contribution in [0.3, 0.4) is 0 Å². The molecular weight excluding hydrogens is 420 g/mol. The third kappa shape index (κ3) is 4.56. The topological polar surface area (TPSA) is 121 Å². The van der Waals surface area contributed by atoms with Gasteiger partial charge in [-0.3, -0.25) is 4.79 Å². The average molecular weight is 449 g/mol. The third-order valence-corrected chi connectivity index (χ3v) is 6.13. The Morgan fingerprint density at radius 1 is 0.970 bits per heavy atom. The number of para-hydroxylation sites is 2. The smallest absolute Gasteiger partial charge is 0.279 e. The Bertz CT molecular complexity index is 1310. The highest BCUT2D eigenvalue weighted by atomic mass is 16.4. The van der Waals surface area contributed by atoms with Crippen molar-refractivity contribution in [3.05, 3.63) is 66.0 Å². The Balaban J connectivity index is 1.57. The molecular formula is C25H28N4O4. The van der Waals surface area contributed by atoms with Gasteiger partial charge in [0, 0.05) is 41.5 Å². The first kappa shape index (κ1) is 22.4. The largest absolute Gasteiger partial charge is 0.548 e. The molecule has 172 valence electrons. The van der Waals surface area contributed by atoms with Crippen LogP contribution in [0.4, 0.5) is 0 Å². The number of phenolic OH excluding ortho intramolecular Hbond substituents is 1. The number of amides is 1. The predicted molar refractivity (Wildman–Crippen MR) is 124 cm³/mol. The molecule has 0 aliphatic carbocycles. The quantitative estimate of drug-likeness (QED) is 0.305. The molecule has 4 rings (SSSR count). The monoisotopic (exact) mass is 448 g/mol. The molecule has 4 N–H and O–H groups in total. The van der Waals surface area contributed by atoms with Crippen LogP contribution in [0.5, 0.6) is 5.75 Å². The Kier molecular flexibility index (Phi) is 5.86. The number of hydrogen-bond acceptors (Lipinski definition) is 4. The van der Waals surface area contributed by atoms with Crippen LogP contribution in [0.15, 0.2) is 54.9 Å². The number of carboxylic acid groups (broad SMARTS) is 1. The van der Waals surface area contributed by atoms with E-state index in [-0.39, 0.29) is 18.1 Å². The summed E-state index contributed by atoms with van der Waals surface area (Å²) >= 11 is 0. The fourth-order valence-electron chi connectivity index (χ4n) is 4.27. The second kappa shape index (κ2) is 8.63. The standard InChI is InChI=1S/C25H28N4O4/c1-29(2,3)21(12-16-14-27-23-18(16)8-6-10-22(23)30)24(31)28-20(25(32)33)11-15-13-26-19-9-5-4-7-17(15)19/h4-10,13-14,20-21,26-27H,11-12H2,1-3H3,(H2-,28,30,31,32,33)/t20-,21-/m0/s1. The number of H-pyrrole nitrogens is 2. The van der Waals surface area contributed by atoms with E-state index in [0.717, 1.165) is 27.4 Å². The van der Waals surface area contributed by atoms with Crippen molar-refractivity contribution >= 4 is 33.7 Å². The minimum Gasteiger partial charge on any atom is -0.548 e. The molecule has 33 heavy (non-hydrogen) atoms. The molecule has 0 saturated carbocycles. The van der Waals surface area contributed by atoms with E-state index < -0.39 is 18.1 Å². The molecule has 0 saturated heterocycles. The van der Waals surface area contributed by atoms with Gasteiger partial charge < -0.3 is 34.8 Å². The van der Waals surface area contributed by atoms with Crippen molar-refractivity contribution in [3.8, 4) is 5.75 Å². The molecule has 2 aromatic carbocycles. The van der Waals surface area contributed by atoms with Gasteiger partial charge in [0.15, 0.2) is 6.04 Å². The molecule has 1 amide bonds. The Hall–Kier alpha value is -3.78. The van der Waals surface area contributed by atoms with Gasteiger partial charge in [0.25, 0.3) is 5.91 Å². The van der Waals surface area contributed by atoms with Crippen LogP contribution in [0.2, 0.25) is 0 Å². The number of aliphatic carboxylic acids is 1. The Morgan fingerprint density at radius 2 is 1.64 bits per heavy atom. The SMILES string of the molecule is C[N+](C)(C)[C@@H](Cc1c[nH]c2c(O)cccc12)C(=O)N[C@@H](Cc1c[nH]c2ccccc12)C(=O)[O-]. The van der Waals surface area contributed by atoms with Crippen LogP contribution in [-0.2, 0) is 22.4 Å². The van der Waals surface area contributed by atoms with Crippen molar-refractivity contribution in [2.24, 2.45) is 0 Å². The van der Waals surface area contributed by atoms with E-state index in [9.17, 15) is 19.8 Å². The Labute approximate surface area is 191 Å². The number of benzene rings is 2. The van der Waals surface area contributed by atoms with E-state index in [1.807, 2.05) is 51.5 Å². The summed E-state index contributed by atoms with van der Waals surface area (Å²) < 4.78 is 0.296. The fraction of sp³-hybridized carbons (Fsp3) is 0.280. The minimum absolute atomic E-state index is 0.114. The first-order valence-corrected chi connectivity index (χ1v) is 10.8. The molecule has 4 aromatic rings. The van der Waals surface area contributed by atoms with Crippen LogP contribution < -0.4 is 10.4 Å². The second-order valence-corrected chi connectivity index (χ2v) is 9.29. The van der Waals surface area contributed by atoms with Gasteiger partial charge in [-0.1, -0.05) is 30.3 Å². The second-order valence-electron chi connectivity index (χ2n) is 9.29. The molecule has 2 atom stereocenters. The van der Waals surface area contributed by atoms with Gasteiger partial charge in [-0.05, 0) is 23.3 Å². The number of nitrogens with zero attached hydrogens (tertiary/aromatic N) is 1. The summed E-state index contributed by atoms with van der Waals surface area (Å²) in [5.74, 6) is -1.56. The molecule has 2 heterocycles. The summed E-state index contributed by atoms with van der Waals surface area (Å²) in [6.07, 6.45) is 4.03. The normalized spacial score (nSPS) is 13.8. The maximum Gasteiger partial charge on any atom is 0.279 e. The van der Waals surface area contributed by atoms with E-state index in [2.05, 4.69) is 15.3 Å². The number of nitrogens with one attached hydrogen (secondary N) is 3. The number of carboxylic acids is 1. The molecule has 0 bridgehead atoms. The van der Waals surface area contributed by atoms with Gasteiger partial charge in [-0.25, -0.2) is 0 Å². The summed E-state index contributed by atoms with van der Waals surface area (Å²) in [6.45, 7) is 0. The molecule has 8 nitrogen and oxygen atoms in total. The molecule has 0 unspecified atom stereocenters. The lowest BCUT2D eigenvalue weighted by molar-refractivity contribution is -0.886. The maximum atomic E-state index is 13.3. The van der Waals surface area contributed by atoms with Crippen molar-refractivity contribution in [2.45, 2.75) is 24.9 Å². The van der Waals surface area contributed by atoms with Crippen molar-refractivity contribution in [1.82, 2.24) is 15.3 Å². The van der Waals surface area contributed by atoms with Gasteiger partial charge in [0.1, 0.15) is 5.75 Å². The highest BCUT2D eigenvalue weighted by molar-refractivity contribution is 5.90. The van der Waals surface area contributed by atoms with Crippen molar-refractivity contribution in [2.75, 3.05) is 21.1 Å². The zero-order valence-corrected chi connectivity index (χ0v) is 18.9. The van der Waals surface area contributed by atoms with Crippen molar-refractivity contribution < 1.29 is 24.3 Å². The van der Waals surface area contributed by atoms with Crippen molar-refractivity contribution in [3.63, 3.8) is 0 Å². The van der Waals surface area contributed by atoms with Crippen LogP contribution in [0.25, 0.3) is 21.8 Å². The summed E-state index contributed by atoms with van der Waals surface area (Å²) in [5.41, 5.74) is 3.19. The predicted octanol–water partition coefficient (Wildman–Crippen LogP) is 1.45. The molecule has 2 aromatic heterocycles. The number of carbonyl (C=O) groups excluding carboxylic acids is 2. The molecule has 0 fully saturated rings. The van der Waals surface area contributed by atoms with Gasteiger partial charge in [-0.2, -0.15) is 0 Å². The third-order valence-electron chi connectivity index (χ3n) is 6.13. The Morgan fingerprint density at radius 3 is 2.36 bits per heavy atom. The molecule has 0 radical (unpaired) electrons. The van der Waals surface area contributed by atoms with E-state index in [0.29, 0.717) is 16.4 Å². The van der Waals surface area contributed by atoms with Gasteiger partial charge in [-0.15, -0.1) is 0 Å². The van der Waals surface area contributed by atoms with E-state index in [1.54, 1.807) is 24.5 Å². The number of aromatic amines is 2. The van der Waals surface area contributed by atoms with Crippen LogP contribution in [-0.4, -0.2) is 64.7 Å². The highest BCUT2D eigenvalue weighted by Gasteiger charge is 2.34. The molecule has 0 aliphatic rings. The number of hydrogen-bond donors (Lipinski definition) is 4. The van der Waals surface area contributed by atoms with Crippen LogP contribution in [0.1, 0.15) is 11.1 Å². The minimum atomic E-state index is -1.33. The summed E-state index contributed by atoms with van der Waals surface area (Å²) in [5, 5.41) is 26.5. The van der Waals surface area contributed by atoms with E-state index in [1.165, 1.54) is 0 Å². The lowest BCUT2D eigenvalue weighted by atomic mass is 10.0. The summed E-state index contributed by atoms with van der Waals surface area (Å²) in [4.78, 5) is 31.5. The number of likely N-dealkylation sites (N-methyl/N-ethyl adjacent to an activating group) is 1. The highest BCUT2D eigenvalue weighted by Crippen LogP contribution is 2.28. The number of aromatic hydroxyl groups is 1. The number of rotatable bonds is 8. The lowest BCUT2D eigenvalue weighted by Gasteiger charge is -2.34. The summed E-state index contributed by atoms with van der Waals surface area (Å²) in [7, 11) is 5.68. The average Bonchev–Trinajstić information content (AvgIpc) is 3.35. The zero-order valence-electron chi connectivity index (χ0n) is 18.9.